The summed E-state index contributed by atoms with van der Waals surface area (Å²) in [6.45, 7) is 1.98. The fourth-order valence-electron chi connectivity index (χ4n) is 1.06. The van der Waals surface area contributed by atoms with Gasteiger partial charge in [0.05, 0.1) is 0 Å². The first kappa shape index (κ1) is 10.4. The molecular weight excluding hydrogens is 259 g/mol. The monoisotopic (exact) mass is 266 g/mol. The number of alkyl halides is 1. The van der Waals surface area contributed by atoms with Gasteiger partial charge in [-0.2, -0.15) is 0 Å². The van der Waals surface area contributed by atoms with E-state index in [-0.39, 0.29) is 0 Å². The van der Waals surface area contributed by atoms with Gasteiger partial charge in [-0.15, -0.1) is 0 Å². The predicted molar refractivity (Wildman–Crippen MR) is 58.7 cm³/mol. The van der Waals surface area contributed by atoms with Gasteiger partial charge in [-0.3, -0.25) is 0 Å². The molecule has 1 aromatic rings. The average Bonchev–Trinajstić information content (AvgIpc) is 1.96. The second-order valence-electron chi connectivity index (χ2n) is 2.65. The molecule has 0 bridgehead atoms. The number of aryl methyl sites for hydroxylation is 1. The Bertz CT molecular complexity index is 261. The Morgan fingerprint density at radius 2 is 1.75 bits per heavy atom. The summed E-state index contributed by atoms with van der Waals surface area (Å²) in [7, 11) is 0. The topological polar surface area (TPSA) is 0 Å². The summed E-state index contributed by atoms with van der Waals surface area (Å²) < 4.78 is 0. The predicted octanol–water partition coefficient (Wildman–Crippen LogP) is 4.24. The van der Waals surface area contributed by atoms with Crippen LogP contribution in [0.5, 0.6) is 0 Å². The summed E-state index contributed by atoms with van der Waals surface area (Å²) in [6.07, 6.45) is 0.873. The molecule has 0 fully saturated rings. The molecule has 1 aromatic carbocycles. The van der Waals surface area contributed by atoms with E-state index in [0.717, 1.165) is 32.9 Å². The minimum absolute atomic E-state index is 0.763. The summed E-state index contributed by atoms with van der Waals surface area (Å²) in [4.78, 5) is 0. The van der Waals surface area contributed by atoms with Gasteiger partial charge in [-0.05, 0) is 36.6 Å². The smallest absolute Gasteiger partial charge is 0.0455 e. The van der Waals surface area contributed by atoms with Crippen LogP contribution in [0.2, 0.25) is 10.0 Å². The first-order chi connectivity index (χ1) is 5.65. The van der Waals surface area contributed by atoms with Crippen LogP contribution in [0.1, 0.15) is 11.1 Å². The molecule has 0 unspecified atom stereocenters. The SMILES string of the molecule is Cc1cc(Cl)c(CCBr)c(Cl)c1. The van der Waals surface area contributed by atoms with E-state index in [0.29, 0.717) is 0 Å². The minimum atomic E-state index is 0.763. The van der Waals surface area contributed by atoms with Crippen LogP contribution in [0.3, 0.4) is 0 Å². The molecule has 0 saturated carbocycles. The van der Waals surface area contributed by atoms with Gasteiger partial charge < -0.3 is 0 Å². The molecule has 0 spiro atoms. The quantitative estimate of drug-likeness (QED) is 0.704. The molecule has 1 rings (SSSR count). The molecule has 0 N–H and O–H groups in total. The number of halogens is 3. The second-order valence-corrected chi connectivity index (χ2v) is 4.25. The summed E-state index contributed by atoms with van der Waals surface area (Å²) in [5.41, 5.74) is 2.13. The standard InChI is InChI=1S/C9H9BrCl2/c1-6-4-8(11)7(2-3-10)9(12)5-6/h4-5H,2-3H2,1H3. The fourth-order valence-corrected chi connectivity index (χ4v) is 2.24. The van der Waals surface area contributed by atoms with E-state index in [4.69, 9.17) is 23.2 Å². The van der Waals surface area contributed by atoms with Crippen molar-refractivity contribution in [3.05, 3.63) is 33.3 Å². The minimum Gasteiger partial charge on any atom is -0.0924 e. The highest BCUT2D eigenvalue weighted by Gasteiger charge is 2.05. The highest BCUT2D eigenvalue weighted by molar-refractivity contribution is 9.09. The number of rotatable bonds is 2. The van der Waals surface area contributed by atoms with Crippen molar-refractivity contribution >= 4 is 39.1 Å². The van der Waals surface area contributed by atoms with Crippen LogP contribution in [-0.2, 0) is 6.42 Å². The molecular formula is C9H9BrCl2. The first-order valence-electron chi connectivity index (χ1n) is 3.65. The average molecular weight is 268 g/mol. The molecule has 66 valence electrons. The lowest BCUT2D eigenvalue weighted by molar-refractivity contribution is 1.16. The summed E-state index contributed by atoms with van der Waals surface area (Å²) in [5, 5.41) is 2.41. The second kappa shape index (κ2) is 4.50. The van der Waals surface area contributed by atoms with Crippen LogP contribution in [0.15, 0.2) is 12.1 Å². The van der Waals surface area contributed by atoms with E-state index < -0.39 is 0 Å². The van der Waals surface area contributed by atoms with Gasteiger partial charge in [0.15, 0.2) is 0 Å². The maximum Gasteiger partial charge on any atom is 0.0455 e. The maximum absolute atomic E-state index is 6.01. The zero-order chi connectivity index (χ0) is 9.14. The molecule has 0 aliphatic rings. The van der Waals surface area contributed by atoms with E-state index in [9.17, 15) is 0 Å². The Balaban J connectivity index is 3.10. The summed E-state index contributed by atoms with van der Waals surface area (Å²) in [6, 6.07) is 3.87. The normalized spacial score (nSPS) is 10.3. The third-order valence-corrected chi connectivity index (χ3v) is 2.70. The third-order valence-electron chi connectivity index (χ3n) is 1.63. The van der Waals surface area contributed by atoms with Crippen LogP contribution in [0.25, 0.3) is 0 Å². The number of benzene rings is 1. The molecule has 0 saturated heterocycles. The van der Waals surface area contributed by atoms with Crippen molar-refractivity contribution in [3.63, 3.8) is 0 Å². The van der Waals surface area contributed by atoms with Crippen molar-refractivity contribution in [3.8, 4) is 0 Å². The Kier molecular flexibility index (Phi) is 3.88. The zero-order valence-corrected chi connectivity index (χ0v) is 9.80. The highest BCUT2D eigenvalue weighted by atomic mass is 79.9. The van der Waals surface area contributed by atoms with Gasteiger partial charge in [0, 0.05) is 15.4 Å². The van der Waals surface area contributed by atoms with Gasteiger partial charge in [0.2, 0.25) is 0 Å². The van der Waals surface area contributed by atoms with Gasteiger partial charge in [-0.1, -0.05) is 39.1 Å². The van der Waals surface area contributed by atoms with E-state index in [1.807, 2.05) is 19.1 Å². The molecule has 3 heteroatoms. The Morgan fingerprint density at radius 3 is 2.17 bits per heavy atom. The molecule has 0 aliphatic heterocycles. The van der Waals surface area contributed by atoms with Crippen LogP contribution < -0.4 is 0 Å². The van der Waals surface area contributed by atoms with Crippen LogP contribution in [-0.4, -0.2) is 5.33 Å². The third kappa shape index (κ3) is 2.38. The van der Waals surface area contributed by atoms with Crippen LogP contribution in [0, 0.1) is 6.92 Å². The Morgan fingerprint density at radius 1 is 1.25 bits per heavy atom. The molecule has 0 radical (unpaired) electrons. The molecule has 0 heterocycles. The molecule has 0 atom stereocenters. The Hall–Kier alpha value is 0.280. The highest BCUT2D eigenvalue weighted by Crippen LogP contribution is 2.27. The fraction of sp³-hybridized carbons (Fsp3) is 0.333. The van der Waals surface area contributed by atoms with E-state index in [2.05, 4.69) is 15.9 Å². The lowest BCUT2D eigenvalue weighted by Crippen LogP contribution is -1.90. The molecule has 12 heavy (non-hydrogen) atoms. The maximum atomic E-state index is 6.01. The van der Waals surface area contributed by atoms with Gasteiger partial charge in [0.25, 0.3) is 0 Å². The van der Waals surface area contributed by atoms with E-state index in [1.54, 1.807) is 0 Å². The van der Waals surface area contributed by atoms with Crippen molar-refractivity contribution in [2.24, 2.45) is 0 Å². The van der Waals surface area contributed by atoms with Crippen molar-refractivity contribution in [1.82, 2.24) is 0 Å². The van der Waals surface area contributed by atoms with Crippen LogP contribution in [0.4, 0.5) is 0 Å². The number of hydrogen-bond acceptors (Lipinski definition) is 0. The van der Waals surface area contributed by atoms with E-state index >= 15 is 0 Å². The molecule has 0 nitrogen and oxygen atoms in total. The summed E-state index contributed by atoms with van der Waals surface area (Å²) >= 11 is 15.4. The van der Waals surface area contributed by atoms with Crippen molar-refractivity contribution in [2.75, 3.05) is 5.33 Å². The zero-order valence-electron chi connectivity index (χ0n) is 6.70. The lowest BCUT2D eigenvalue weighted by Gasteiger charge is -2.05. The van der Waals surface area contributed by atoms with Crippen LogP contribution >= 0.6 is 39.1 Å². The van der Waals surface area contributed by atoms with Crippen molar-refractivity contribution in [1.29, 1.82) is 0 Å². The largest absolute Gasteiger partial charge is 0.0924 e. The molecule has 0 aliphatic carbocycles. The van der Waals surface area contributed by atoms with E-state index in [1.165, 1.54) is 0 Å². The van der Waals surface area contributed by atoms with Gasteiger partial charge in [0.1, 0.15) is 0 Å². The Labute approximate surface area is 91.0 Å². The van der Waals surface area contributed by atoms with Gasteiger partial charge >= 0.3 is 0 Å². The van der Waals surface area contributed by atoms with Crippen molar-refractivity contribution in [2.45, 2.75) is 13.3 Å². The van der Waals surface area contributed by atoms with Gasteiger partial charge in [-0.25, -0.2) is 0 Å². The molecule has 0 aromatic heterocycles. The number of hydrogen-bond donors (Lipinski definition) is 0. The lowest BCUT2D eigenvalue weighted by atomic mass is 10.1. The van der Waals surface area contributed by atoms with Crippen molar-refractivity contribution < 1.29 is 0 Å². The summed E-state index contributed by atoms with van der Waals surface area (Å²) in [5.74, 6) is 0. The first-order valence-corrected chi connectivity index (χ1v) is 5.53. The molecule has 0 amide bonds.